The zero-order chi connectivity index (χ0) is 29.5. The molecule has 0 saturated carbocycles. The maximum Gasteiger partial charge on any atom is 0.408 e. The number of aliphatic carboxylic acids is 1. The first-order chi connectivity index (χ1) is 18.9. The first-order valence-corrected chi connectivity index (χ1v) is 12.8. The van der Waals surface area contributed by atoms with Gasteiger partial charge in [-0.2, -0.15) is 0 Å². The molecule has 0 saturated heterocycles. The molecule has 0 unspecified atom stereocenters. The van der Waals surface area contributed by atoms with Gasteiger partial charge in [-0.3, -0.25) is 4.79 Å². The number of rotatable bonds is 14. The monoisotopic (exact) mass is 559 g/mol. The minimum absolute atomic E-state index is 0.0332. The minimum atomic E-state index is -1.89. The third kappa shape index (κ3) is 12.6. The van der Waals surface area contributed by atoms with Crippen molar-refractivity contribution in [3.8, 4) is 0 Å². The number of carbonyl (C=O) groups is 4. The molecule has 3 atom stereocenters. The molecule has 2 aromatic rings. The second-order valence-electron chi connectivity index (χ2n) is 9.82. The van der Waals surface area contributed by atoms with Crippen LogP contribution >= 0.6 is 0 Å². The number of hydrogen-bond donors (Lipinski definition) is 5. The van der Waals surface area contributed by atoms with E-state index in [2.05, 4.69) is 16.0 Å². The third-order valence-electron chi connectivity index (χ3n) is 5.27. The van der Waals surface area contributed by atoms with Crippen LogP contribution in [-0.4, -0.2) is 64.8 Å². The Morgan fingerprint density at radius 1 is 0.800 bits per heavy atom. The third-order valence-corrected chi connectivity index (χ3v) is 5.27. The smallest absolute Gasteiger partial charge is 0.408 e. The molecule has 12 nitrogen and oxygen atoms in total. The van der Waals surface area contributed by atoms with Gasteiger partial charge in [0, 0.05) is 6.54 Å². The lowest BCUT2D eigenvalue weighted by Gasteiger charge is -2.25. The average Bonchev–Trinajstić information content (AvgIpc) is 2.90. The SMILES string of the molecule is CC(C)(C)O[C@H](O)CCCNC(=O)[C@@H](NC(=O)OCc1ccccc1)[C@H](NC(=O)OCc1ccccc1)C(=O)O. The lowest BCUT2D eigenvalue weighted by atomic mass is 10.1. The second kappa shape index (κ2) is 16.1. The lowest BCUT2D eigenvalue weighted by Crippen LogP contribution is -2.61. The highest BCUT2D eigenvalue weighted by atomic mass is 16.6. The molecule has 0 radical (unpaired) electrons. The van der Waals surface area contributed by atoms with Crippen LogP contribution in [0.1, 0.15) is 44.7 Å². The first-order valence-electron chi connectivity index (χ1n) is 12.8. The number of ether oxygens (including phenoxy) is 3. The molecule has 40 heavy (non-hydrogen) atoms. The van der Waals surface area contributed by atoms with Crippen molar-refractivity contribution in [3.63, 3.8) is 0 Å². The van der Waals surface area contributed by atoms with E-state index in [0.717, 1.165) is 0 Å². The molecule has 3 amide bonds. The van der Waals surface area contributed by atoms with Crippen molar-refractivity contribution in [2.75, 3.05) is 6.54 Å². The normalized spacial score (nSPS) is 13.3. The fraction of sp³-hybridized carbons (Fsp3) is 0.429. The molecule has 0 aromatic heterocycles. The Labute approximate surface area is 233 Å². The summed E-state index contributed by atoms with van der Waals surface area (Å²) in [5.74, 6) is -2.48. The second-order valence-corrected chi connectivity index (χ2v) is 9.82. The molecule has 12 heteroatoms. The summed E-state index contributed by atoms with van der Waals surface area (Å²) < 4.78 is 15.6. The van der Waals surface area contributed by atoms with Crippen LogP contribution in [0.5, 0.6) is 0 Å². The fourth-order valence-corrected chi connectivity index (χ4v) is 3.44. The zero-order valence-electron chi connectivity index (χ0n) is 22.8. The molecule has 0 fully saturated rings. The minimum Gasteiger partial charge on any atom is -0.480 e. The van der Waals surface area contributed by atoms with Crippen molar-refractivity contribution in [2.45, 2.75) is 70.8 Å². The van der Waals surface area contributed by atoms with E-state index in [0.29, 0.717) is 17.5 Å². The summed E-state index contributed by atoms with van der Waals surface area (Å²) in [6, 6.07) is 13.8. The van der Waals surface area contributed by atoms with Crippen molar-refractivity contribution in [1.29, 1.82) is 0 Å². The lowest BCUT2D eigenvalue weighted by molar-refractivity contribution is -0.168. The van der Waals surface area contributed by atoms with E-state index in [1.165, 1.54) is 0 Å². The van der Waals surface area contributed by atoms with Crippen molar-refractivity contribution in [2.24, 2.45) is 0 Å². The molecular weight excluding hydrogens is 522 g/mol. The van der Waals surface area contributed by atoms with E-state index < -0.39 is 48.0 Å². The van der Waals surface area contributed by atoms with Gasteiger partial charge in [-0.15, -0.1) is 0 Å². The summed E-state index contributed by atoms with van der Waals surface area (Å²) in [4.78, 5) is 50.0. The van der Waals surface area contributed by atoms with Gasteiger partial charge in [0.25, 0.3) is 0 Å². The molecular formula is C28H37N3O9. The number of hydrogen-bond acceptors (Lipinski definition) is 8. The van der Waals surface area contributed by atoms with Gasteiger partial charge < -0.3 is 40.4 Å². The molecule has 0 bridgehead atoms. The Balaban J connectivity index is 2.04. The number of carbonyl (C=O) groups excluding carboxylic acids is 3. The van der Waals surface area contributed by atoms with E-state index >= 15 is 0 Å². The predicted molar refractivity (Wildman–Crippen MR) is 144 cm³/mol. The molecule has 5 N–H and O–H groups in total. The van der Waals surface area contributed by atoms with Crippen LogP contribution in [0.2, 0.25) is 0 Å². The first kappa shape index (κ1) is 32.1. The Kier molecular flexibility index (Phi) is 12.9. The number of carboxylic acid groups (broad SMARTS) is 1. The fourth-order valence-electron chi connectivity index (χ4n) is 3.44. The topological polar surface area (TPSA) is 173 Å². The molecule has 0 heterocycles. The highest BCUT2D eigenvalue weighted by Gasteiger charge is 2.37. The molecule has 218 valence electrons. The summed E-state index contributed by atoms with van der Waals surface area (Å²) in [5.41, 5.74) is 0.777. The molecule has 0 aliphatic heterocycles. The molecule has 0 spiro atoms. The summed E-state index contributed by atoms with van der Waals surface area (Å²) in [6.07, 6.45) is -2.74. The van der Waals surface area contributed by atoms with Crippen LogP contribution in [0.25, 0.3) is 0 Å². The maximum atomic E-state index is 13.0. The highest BCUT2D eigenvalue weighted by molar-refractivity contribution is 5.93. The van der Waals surface area contributed by atoms with Gasteiger partial charge in [0.05, 0.1) is 5.60 Å². The standard InChI is InChI=1S/C28H37N3O9/c1-28(2,3)40-21(32)15-10-16-29-24(33)22(30-26(36)38-17-19-11-6-4-7-12-19)23(25(34)35)31-27(37)39-18-20-13-8-5-9-14-20/h4-9,11-14,21-23,32H,10,15-18H2,1-3H3,(H,29,33)(H,30,36)(H,31,37)(H,34,35)/t21-,22-,23-/m0/s1. The van der Waals surface area contributed by atoms with Crippen LogP contribution < -0.4 is 16.0 Å². The van der Waals surface area contributed by atoms with Gasteiger partial charge in [0.15, 0.2) is 12.3 Å². The molecule has 0 aliphatic rings. The van der Waals surface area contributed by atoms with Crippen molar-refractivity contribution in [3.05, 3.63) is 71.8 Å². The number of benzene rings is 2. The Hall–Kier alpha value is -4.16. The van der Waals surface area contributed by atoms with Gasteiger partial charge in [0.1, 0.15) is 19.3 Å². The number of aliphatic hydroxyl groups is 1. The van der Waals surface area contributed by atoms with Gasteiger partial charge in [-0.05, 0) is 44.7 Å². The molecule has 2 rings (SSSR count). The van der Waals surface area contributed by atoms with Gasteiger partial charge in [0.2, 0.25) is 5.91 Å². The summed E-state index contributed by atoms with van der Waals surface area (Å²) >= 11 is 0. The van der Waals surface area contributed by atoms with Crippen LogP contribution in [-0.2, 0) is 37.0 Å². The maximum absolute atomic E-state index is 13.0. The largest absolute Gasteiger partial charge is 0.480 e. The van der Waals surface area contributed by atoms with E-state index in [-0.39, 0.29) is 26.2 Å². The van der Waals surface area contributed by atoms with Crippen molar-refractivity contribution < 1.29 is 43.6 Å². The quantitative estimate of drug-likeness (QED) is 0.172. The summed E-state index contributed by atoms with van der Waals surface area (Å²) in [7, 11) is 0. The van der Waals surface area contributed by atoms with Crippen LogP contribution in [0, 0.1) is 0 Å². The number of amides is 3. The van der Waals surface area contributed by atoms with E-state index in [1.54, 1.807) is 81.4 Å². The van der Waals surface area contributed by atoms with Crippen LogP contribution in [0.15, 0.2) is 60.7 Å². The average molecular weight is 560 g/mol. The number of aliphatic hydroxyl groups excluding tert-OH is 1. The molecule has 0 aliphatic carbocycles. The number of nitrogens with one attached hydrogen (secondary N) is 3. The van der Waals surface area contributed by atoms with Crippen LogP contribution in [0.4, 0.5) is 9.59 Å². The Bertz CT molecular complexity index is 1090. The van der Waals surface area contributed by atoms with Gasteiger partial charge >= 0.3 is 18.2 Å². The highest BCUT2D eigenvalue weighted by Crippen LogP contribution is 2.12. The summed E-state index contributed by atoms with van der Waals surface area (Å²) in [6.45, 7) is 5.13. The Morgan fingerprint density at radius 3 is 1.73 bits per heavy atom. The van der Waals surface area contributed by atoms with Crippen molar-refractivity contribution in [1.82, 2.24) is 16.0 Å². The van der Waals surface area contributed by atoms with Crippen molar-refractivity contribution >= 4 is 24.1 Å². The van der Waals surface area contributed by atoms with E-state index in [9.17, 15) is 29.4 Å². The number of alkyl carbamates (subject to hydrolysis) is 2. The van der Waals surface area contributed by atoms with Crippen LogP contribution in [0.3, 0.4) is 0 Å². The zero-order valence-corrected chi connectivity index (χ0v) is 22.8. The molecule has 2 aromatic carbocycles. The summed E-state index contributed by atoms with van der Waals surface area (Å²) in [5, 5.41) is 26.7. The van der Waals surface area contributed by atoms with E-state index in [4.69, 9.17) is 14.2 Å². The number of carboxylic acids is 1. The van der Waals surface area contributed by atoms with E-state index in [1.807, 2.05) is 0 Å². The van der Waals surface area contributed by atoms with Gasteiger partial charge in [-0.25, -0.2) is 14.4 Å². The predicted octanol–water partition coefficient (Wildman–Crippen LogP) is 2.69. The van der Waals surface area contributed by atoms with Gasteiger partial charge in [-0.1, -0.05) is 60.7 Å². The Morgan fingerprint density at radius 2 is 1.27 bits per heavy atom.